The molecule has 0 aromatic heterocycles. The lowest BCUT2D eigenvalue weighted by Crippen LogP contribution is -2.57. The third-order valence-electron chi connectivity index (χ3n) is 4.03. The van der Waals surface area contributed by atoms with Crippen LogP contribution in [-0.2, 0) is 4.74 Å². The third-order valence-corrected chi connectivity index (χ3v) is 4.03. The van der Waals surface area contributed by atoms with Crippen LogP contribution in [0.2, 0.25) is 0 Å². The number of piperazine rings is 1. The Kier molecular flexibility index (Phi) is 6.05. The molecule has 0 bridgehead atoms. The molecule has 1 atom stereocenters. The number of guanidine groups is 1. The van der Waals surface area contributed by atoms with Crippen LogP contribution in [0.1, 0.15) is 40.0 Å². The fraction of sp³-hybridized carbons (Fsp3) is 0.875. The Morgan fingerprint density at radius 2 is 2.00 bits per heavy atom. The monoisotopic (exact) mass is 364 g/mol. The molecule has 6 nitrogen and oxygen atoms in total. The van der Waals surface area contributed by atoms with E-state index in [9.17, 15) is 18.0 Å². The SMILES string of the molecule is CC(C)(C)OC(=O)N1CCN2C(NCCCCC(F)(F)F)=NCC2C1. The summed E-state index contributed by atoms with van der Waals surface area (Å²) >= 11 is 0. The fourth-order valence-electron chi connectivity index (χ4n) is 2.87. The molecule has 0 radical (unpaired) electrons. The summed E-state index contributed by atoms with van der Waals surface area (Å²) < 4.78 is 41.7. The minimum atomic E-state index is -4.09. The van der Waals surface area contributed by atoms with Crippen LogP contribution in [0.4, 0.5) is 18.0 Å². The molecule has 144 valence electrons. The number of hydrogen-bond acceptors (Lipinski definition) is 5. The Morgan fingerprint density at radius 3 is 2.64 bits per heavy atom. The molecular formula is C16H27F3N4O2. The van der Waals surface area contributed by atoms with Crippen molar-refractivity contribution in [3.8, 4) is 0 Å². The normalized spacial score (nSPS) is 21.0. The molecule has 1 fully saturated rings. The van der Waals surface area contributed by atoms with Crippen LogP contribution in [0.15, 0.2) is 4.99 Å². The largest absolute Gasteiger partial charge is 0.444 e. The number of carbonyl (C=O) groups is 1. The van der Waals surface area contributed by atoms with Crippen molar-refractivity contribution in [2.75, 3.05) is 32.7 Å². The summed E-state index contributed by atoms with van der Waals surface area (Å²) in [6.45, 7) is 8.26. The lowest BCUT2D eigenvalue weighted by Gasteiger charge is -2.39. The van der Waals surface area contributed by atoms with E-state index in [4.69, 9.17) is 4.74 Å². The van der Waals surface area contributed by atoms with Crippen LogP contribution in [0.3, 0.4) is 0 Å². The first-order valence-electron chi connectivity index (χ1n) is 8.65. The molecule has 0 aromatic rings. The fourth-order valence-corrected chi connectivity index (χ4v) is 2.87. The highest BCUT2D eigenvalue weighted by molar-refractivity contribution is 5.82. The molecule has 0 aromatic carbocycles. The highest BCUT2D eigenvalue weighted by Gasteiger charge is 2.36. The highest BCUT2D eigenvalue weighted by Crippen LogP contribution is 2.22. The topological polar surface area (TPSA) is 57.2 Å². The zero-order valence-electron chi connectivity index (χ0n) is 15.0. The van der Waals surface area contributed by atoms with Crippen molar-refractivity contribution in [1.82, 2.24) is 15.1 Å². The molecule has 0 saturated carbocycles. The van der Waals surface area contributed by atoms with Crippen molar-refractivity contribution >= 4 is 12.1 Å². The summed E-state index contributed by atoms with van der Waals surface area (Å²) in [5, 5.41) is 3.12. The predicted molar refractivity (Wildman–Crippen MR) is 88.5 cm³/mol. The van der Waals surface area contributed by atoms with E-state index in [1.165, 1.54) is 0 Å². The molecule has 1 unspecified atom stereocenters. The first-order valence-corrected chi connectivity index (χ1v) is 8.65. The zero-order chi connectivity index (χ0) is 18.7. The number of alkyl halides is 3. The lowest BCUT2D eigenvalue weighted by molar-refractivity contribution is -0.135. The summed E-state index contributed by atoms with van der Waals surface area (Å²) in [6, 6.07) is 0.0962. The summed E-state index contributed by atoms with van der Waals surface area (Å²) in [5.41, 5.74) is -0.524. The predicted octanol–water partition coefficient (Wildman–Crippen LogP) is 2.60. The smallest absolute Gasteiger partial charge is 0.410 e. The number of unbranched alkanes of at least 4 members (excludes halogenated alkanes) is 1. The zero-order valence-corrected chi connectivity index (χ0v) is 15.0. The summed E-state index contributed by atoms with van der Waals surface area (Å²) in [6.07, 6.45) is -4.60. The average molecular weight is 364 g/mol. The molecule has 25 heavy (non-hydrogen) atoms. The van der Waals surface area contributed by atoms with Gasteiger partial charge in [-0.1, -0.05) is 0 Å². The average Bonchev–Trinajstić information content (AvgIpc) is 2.86. The Bertz CT molecular complexity index is 503. The van der Waals surface area contributed by atoms with Crippen molar-refractivity contribution in [2.24, 2.45) is 4.99 Å². The van der Waals surface area contributed by atoms with Crippen molar-refractivity contribution in [2.45, 2.75) is 57.9 Å². The minimum Gasteiger partial charge on any atom is -0.444 e. The number of halogens is 3. The van der Waals surface area contributed by atoms with Gasteiger partial charge in [-0.15, -0.1) is 0 Å². The molecular weight excluding hydrogens is 337 g/mol. The number of hydrogen-bond donors (Lipinski definition) is 1. The van der Waals surface area contributed by atoms with E-state index in [1.54, 1.807) is 4.90 Å². The third kappa shape index (κ3) is 6.28. The van der Waals surface area contributed by atoms with Gasteiger partial charge >= 0.3 is 12.3 Å². The second kappa shape index (κ2) is 7.70. The molecule has 1 amide bonds. The van der Waals surface area contributed by atoms with Crippen molar-refractivity contribution in [1.29, 1.82) is 0 Å². The van der Waals surface area contributed by atoms with Gasteiger partial charge in [0, 0.05) is 32.6 Å². The maximum absolute atomic E-state index is 12.1. The van der Waals surface area contributed by atoms with Crippen LogP contribution < -0.4 is 5.32 Å². The Balaban J connectivity index is 1.72. The summed E-state index contributed by atoms with van der Waals surface area (Å²) in [4.78, 5) is 20.4. The molecule has 2 heterocycles. The Morgan fingerprint density at radius 1 is 1.28 bits per heavy atom. The van der Waals surface area contributed by atoms with E-state index in [1.807, 2.05) is 20.8 Å². The van der Waals surface area contributed by atoms with Gasteiger partial charge in [0.15, 0.2) is 5.96 Å². The minimum absolute atomic E-state index is 0.0962. The molecule has 1 N–H and O–H groups in total. The number of aliphatic imine (C=N–C) groups is 1. The number of amides is 1. The lowest BCUT2D eigenvalue weighted by atomic mass is 10.2. The van der Waals surface area contributed by atoms with Gasteiger partial charge in [-0.2, -0.15) is 13.2 Å². The van der Waals surface area contributed by atoms with E-state index in [0.29, 0.717) is 39.1 Å². The Hall–Kier alpha value is -1.67. The quantitative estimate of drug-likeness (QED) is 0.779. The van der Waals surface area contributed by atoms with E-state index < -0.39 is 18.2 Å². The van der Waals surface area contributed by atoms with Crippen molar-refractivity contribution in [3.05, 3.63) is 0 Å². The number of nitrogens with zero attached hydrogens (tertiary/aromatic N) is 3. The second-order valence-electron chi connectivity index (χ2n) is 7.44. The van der Waals surface area contributed by atoms with E-state index in [0.717, 1.165) is 5.96 Å². The number of fused-ring (bicyclic) bond motifs is 1. The van der Waals surface area contributed by atoms with Gasteiger partial charge in [0.25, 0.3) is 0 Å². The van der Waals surface area contributed by atoms with Gasteiger partial charge in [0.1, 0.15) is 5.60 Å². The first-order chi connectivity index (χ1) is 11.6. The summed E-state index contributed by atoms with van der Waals surface area (Å²) in [7, 11) is 0. The van der Waals surface area contributed by atoms with Crippen LogP contribution in [0, 0.1) is 0 Å². The molecule has 1 saturated heterocycles. The van der Waals surface area contributed by atoms with Gasteiger partial charge in [-0.25, -0.2) is 4.79 Å². The van der Waals surface area contributed by atoms with E-state index in [2.05, 4.69) is 15.2 Å². The number of nitrogens with one attached hydrogen (secondary N) is 1. The molecule has 2 aliphatic heterocycles. The molecule has 0 aliphatic carbocycles. The van der Waals surface area contributed by atoms with Crippen LogP contribution in [0.5, 0.6) is 0 Å². The highest BCUT2D eigenvalue weighted by atomic mass is 19.4. The van der Waals surface area contributed by atoms with Gasteiger partial charge in [0.2, 0.25) is 0 Å². The molecule has 2 rings (SSSR count). The standard InChI is InChI=1S/C16H27F3N4O2/c1-15(2,3)25-14(24)22-8-9-23-12(11-22)10-21-13(23)20-7-5-4-6-16(17,18)19/h12H,4-11H2,1-3H3,(H,20,21). The van der Waals surface area contributed by atoms with Gasteiger partial charge in [-0.3, -0.25) is 4.99 Å². The second-order valence-corrected chi connectivity index (χ2v) is 7.44. The first kappa shape index (κ1) is 19.7. The van der Waals surface area contributed by atoms with E-state index in [-0.39, 0.29) is 18.6 Å². The van der Waals surface area contributed by atoms with Crippen LogP contribution in [-0.4, -0.2) is 72.4 Å². The summed E-state index contributed by atoms with van der Waals surface area (Å²) in [5.74, 6) is 0.723. The van der Waals surface area contributed by atoms with Crippen LogP contribution in [0.25, 0.3) is 0 Å². The molecule has 0 spiro atoms. The molecule has 9 heteroatoms. The number of rotatable bonds is 4. The maximum Gasteiger partial charge on any atom is 0.410 e. The van der Waals surface area contributed by atoms with Gasteiger partial charge in [-0.05, 0) is 33.6 Å². The van der Waals surface area contributed by atoms with Crippen LogP contribution >= 0.6 is 0 Å². The maximum atomic E-state index is 12.1. The number of carbonyl (C=O) groups excluding carboxylic acids is 1. The van der Waals surface area contributed by atoms with Gasteiger partial charge in [0.05, 0.1) is 12.6 Å². The molecule has 2 aliphatic rings. The van der Waals surface area contributed by atoms with Gasteiger partial charge < -0.3 is 19.9 Å². The number of ether oxygens (including phenoxy) is 1. The van der Waals surface area contributed by atoms with Crippen molar-refractivity contribution in [3.63, 3.8) is 0 Å². The van der Waals surface area contributed by atoms with Crippen molar-refractivity contribution < 1.29 is 22.7 Å². The Labute approximate surface area is 146 Å². The van der Waals surface area contributed by atoms with E-state index >= 15 is 0 Å².